The fourth-order valence-corrected chi connectivity index (χ4v) is 2.16. The number of hydrogen-bond acceptors (Lipinski definition) is 3. The summed E-state index contributed by atoms with van der Waals surface area (Å²) in [7, 11) is 0. The maximum absolute atomic E-state index is 11.0. The van der Waals surface area contributed by atoms with Crippen LogP contribution in [-0.2, 0) is 14.3 Å². The highest BCUT2D eigenvalue weighted by Gasteiger charge is 2.44. The van der Waals surface area contributed by atoms with Gasteiger partial charge in [0.15, 0.2) is 0 Å². The highest BCUT2D eigenvalue weighted by molar-refractivity contribution is 5.74. The lowest BCUT2D eigenvalue weighted by molar-refractivity contribution is -0.159. The number of carboxylic acid groups (broad SMARTS) is 1. The van der Waals surface area contributed by atoms with Crippen LogP contribution >= 0.6 is 0 Å². The molecule has 5 nitrogen and oxygen atoms in total. The van der Waals surface area contributed by atoms with Crippen molar-refractivity contribution in [2.24, 2.45) is 5.92 Å². The van der Waals surface area contributed by atoms with Gasteiger partial charge in [-0.1, -0.05) is 0 Å². The Morgan fingerprint density at radius 2 is 2.00 bits per heavy atom. The number of nitrogens with one attached hydrogen (secondary N) is 1. The number of amides is 1. The number of ether oxygens (including phenoxy) is 1. The first-order valence-electron chi connectivity index (χ1n) is 5.86. The summed E-state index contributed by atoms with van der Waals surface area (Å²) in [6.07, 6.45) is 0.642. The molecule has 0 radical (unpaired) electrons. The average Bonchev–Trinajstić information content (AvgIpc) is 2.10. The molecule has 1 aliphatic rings. The Morgan fingerprint density at radius 3 is 2.41 bits per heavy atom. The second-order valence-corrected chi connectivity index (χ2v) is 5.57. The minimum absolute atomic E-state index is 0.0334. The molecule has 0 bridgehead atoms. The van der Waals surface area contributed by atoms with Crippen molar-refractivity contribution in [3.63, 3.8) is 0 Å². The van der Waals surface area contributed by atoms with E-state index in [4.69, 9.17) is 9.84 Å². The molecule has 0 aromatic rings. The Balaban J connectivity index is 2.57. The van der Waals surface area contributed by atoms with Crippen molar-refractivity contribution in [2.75, 3.05) is 0 Å². The van der Waals surface area contributed by atoms with Gasteiger partial charge in [0.2, 0.25) is 5.91 Å². The van der Waals surface area contributed by atoms with Crippen molar-refractivity contribution in [1.82, 2.24) is 5.32 Å². The smallest absolute Gasteiger partial charge is 0.303 e. The molecule has 0 heterocycles. The summed E-state index contributed by atoms with van der Waals surface area (Å²) in [5.41, 5.74) is -0.289. The second kappa shape index (κ2) is 5.04. The van der Waals surface area contributed by atoms with Crippen molar-refractivity contribution in [3.05, 3.63) is 0 Å². The highest BCUT2D eigenvalue weighted by atomic mass is 16.5. The van der Waals surface area contributed by atoms with Crippen LogP contribution in [0.3, 0.4) is 0 Å². The molecule has 0 aromatic carbocycles. The van der Waals surface area contributed by atoms with Crippen molar-refractivity contribution >= 4 is 11.9 Å². The SMILES string of the molecule is CC(=O)N[C@H]1C[C@@H](OC(C)(C)C)[C@@H]1CC(=O)O. The molecule has 0 saturated heterocycles. The molecular weight excluding hydrogens is 222 g/mol. The molecule has 1 rings (SSSR count). The third-order valence-corrected chi connectivity index (χ3v) is 2.78. The van der Waals surface area contributed by atoms with Gasteiger partial charge in [-0.15, -0.1) is 0 Å². The standard InChI is InChI=1S/C12H21NO4/c1-7(14)13-9-6-10(17-12(2,3)4)8(9)5-11(15)16/h8-10H,5-6H2,1-4H3,(H,13,14)(H,15,16)/t8-,9+,10-/m1/s1. The zero-order valence-corrected chi connectivity index (χ0v) is 10.8. The third kappa shape index (κ3) is 4.34. The second-order valence-electron chi connectivity index (χ2n) is 5.57. The van der Waals surface area contributed by atoms with E-state index in [1.54, 1.807) is 0 Å². The first-order chi connectivity index (χ1) is 7.69. The van der Waals surface area contributed by atoms with E-state index in [2.05, 4.69) is 5.32 Å². The van der Waals surface area contributed by atoms with E-state index < -0.39 is 5.97 Å². The lowest BCUT2D eigenvalue weighted by Crippen LogP contribution is -2.57. The Hall–Kier alpha value is -1.10. The molecule has 1 amide bonds. The molecule has 1 saturated carbocycles. The van der Waals surface area contributed by atoms with E-state index in [9.17, 15) is 9.59 Å². The van der Waals surface area contributed by atoms with Crippen LogP contribution in [0.5, 0.6) is 0 Å². The fourth-order valence-electron chi connectivity index (χ4n) is 2.16. The summed E-state index contributed by atoms with van der Waals surface area (Å²) in [5.74, 6) is -1.11. The van der Waals surface area contributed by atoms with Crippen LogP contribution in [0.4, 0.5) is 0 Å². The van der Waals surface area contributed by atoms with Crippen molar-refractivity contribution in [2.45, 2.75) is 58.3 Å². The van der Waals surface area contributed by atoms with Gasteiger partial charge in [0.1, 0.15) is 0 Å². The Labute approximate surface area is 102 Å². The summed E-state index contributed by atoms with van der Waals surface area (Å²) >= 11 is 0. The van der Waals surface area contributed by atoms with Gasteiger partial charge in [-0.3, -0.25) is 9.59 Å². The summed E-state index contributed by atoms with van der Waals surface area (Å²) < 4.78 is 5.78. The van der Waals surface area contributed by atoms with Gasteiger partial charge in [0.25, 0.3) is 0 Å². The van der Waals surface area contributed by atoms with E-state index in [-0.39, 0.29) is 36.0 Å². The maximum Gasteiger partial charge on any atom is 0.303 e. The zero-order chi connectivity index (χ0) is 13.2. The summed E-state index contributed by atoms with van der Waals surface area (Å²) in [5, 5.41) is 11.6. The first kappa shape index (κ1) is 14.0. The predicted octanol–water partition coefficient (Wildman–Crippen LogP) is 1.17. The van der Waals surface area contributed by atoms with Crippen molar-refractivity contribution in [3.8, 4) is 0 Å². The quantitative estimate of drug-likeness (QED) is 0.777. The van der Waals surface area contributed by atoms with Gasteiger partial charge < -0.3 is 15.2 Å². The van der Waals surface area contributed by atoms with Gasteiger partial charge in [-0.05, 0) is 27.2 Å². The first-order valence-corrected chi connectivity index (χ1v) is 5.86. The number of hydrogen-bond donors (Lipinski definition) is 2. The van der Waals surface area contributed by atoms with Gasteiger partial charge in [-0.2, -0.15) is 0 Å². The van der Waals surface area contributed by atoms with E-state index in [0.29, 0.717) is 6.42 Å². The molecule has 17 heavy (non-hydrogen) atoms. The molecule has 5 heteroatoms. The average molecular weight is 243 g/mol. The van der Waals surface area contributed by atoms with Crippen LogP contribution in [0.25, 0.3) is 0 Å². The van der Waals surface area contributed by atoms with Gasteiger partial charge in [0.05, 0.1) is 18.1 Å². The van der Waals surface area contributed by atoms with Gasteiger partial charge >= 0.3 is 5.97 Å². The minimum atomic E-state index is -0.854. The van der Waals surface area contributed by atoms with Gasteiger partial charge in [0, 0.05) is 18.9 Å². The third-order valence-electron chi connectivity index (χ3n) is 2.78. The number of carbonyl (C=O) groups is 2. The zero-order valence-electron chi connectivity index (χ0n) is 10.8. The minimum Gasteiger partial charge on any atom is -0.481 e. The highest BCUT2D eigenvalue weighted by Crippen LogP contribution is 2.36. The molecule has 3 atom stereocenters. The van der Waals surface area contributed by atoms with Crippen LogP contribution in [0.2, 0.25) is 0 Å². The van der Waals surface area contributed by atoms with Crippen molar-refractivity contribution in [1.29, 1.82) is 0 Å². The van der Waals surface area contributed by atoms with E-state index in [1.165, 1.54) is 6.92 Å². The normalized spacial score (nSPS) is 28.4. The molecule has 0 aromatic heterocycles. The maximum atomic E-state index is 11.0. The van der Waals surface area contributed by atoms with Crippen LogP contribution < -0.4 is 5.32 Å². The van der Waals surface area contributed by atoms with Crippen molar-refractivity contribution < 1.29 is 19.4 Å². The molecular formula is C12H21NO4. The molecule has 0 aliphatic heterocycles. The topological polar surface area (TPSA) is 75.6 Å². The molecule has 98 valence electrons. The van der Waals surface area contributed by atoms with E-state index in [0.717, 1.165) is 0 Å². The summed E-state index contributed by atoms with van der Waals surface area (Å²) in [6.45, 7) is 7.26. The monoisotopic (exact) mass is 243 g/mol. The Kier molecular flexibility index (Phi) is 4.14. The number of carbonyl (C=O) groups excluding carboxylic acids is 1. The number of aliphatic carboxylic acids is 1. The summed E-state index contributed by atoms with van der Waals surface area (Å²) in [6, 6.07) is -0.0732. The molecule has 2 N–H and O–H groups in total. The molecule has 1 aliphatic carbocycles. The largest absolute Gasteiger partial charge is 0.481 e. The Morgan fingerprint density at radius 1 is 1.41 bits per heavy atom. The van der Waals surface area contributed by atoms with Crippen LogP contribution in [0.1, 0.15) is 40.5 Å². The predicted molar refractivity (Wildman–Crippen MR) is 62.6 cm³/mol. The van der Waals surface area contributed by atoms with Gasteiger partial charge in [-0.25, -0.2) is 0 Å². The van der Waals surface area contributed by atoms with Crippen LogP contribution in [0.15, 0.2) is 0 Å². The lowest BCUT2D eigenvalue weighted by Gasteiger charge is -2.46. The van der Waals surface area contributed by atoms with E-state index in [1.807, 2.05) is 20.8 Å². The van der Waals surface area contributed by atoms with Crippen LogP contribution in [0, 0.1) is 5.92 Å². The van der Waals surface area contributed by atoms with Crippen LogP contribution in [-0.4, -0.2) is 34.7 Å². The number of rotatable bonds is 4. The lowest BCUT2D eigenvalue weighted by atomic mass is 9.74. The number of carboxylic acids is 1. The van der Waals surface area contributed by atoms with E-state index >= 15 is 0 Å². The Bertz CT molecular complexity index is 308. The molecule has 0 unspecified atom stereocenters. The fraction of sp³-hybridized carbons (Fsp3) is 0.833. The molecule has 0 spiro atoms. The summed E-state index contributed by atoms with van der Waals surface area (Å²) in [4.78, 5) is 21.7. The molecule has 1 fully saturated rings.